The molecule has 0 bridgehead atoms. The molecular weight excluding hydrogens is 227 g/mol. The van der Waals surface area contributed by atoms with Crippen LogP contribution < -0.4 is 5.73 Å². The summed E-state index contributed by atoms with van der Waals surface area (Å²) in [4.78, 5) is 4.07. The van der Waals surface area contributed by atoms with Crippen LogP contribution in [-0.4, -0.2) is 10.3 Å². The van der Waals surface area contributed by atoms with Gasteiger partial charge in [-0.2, -0.15) is 0 Å². The molecule has 0 aliphatic heterocycles. The van der Waals surface area contributed by atoms with Gasteiger partial charge in [-0.25, -0.2) is 4.98 Å². The first kappa shape index (κ1) is 8.81. The van der Waals surface area contributed by atoms with Crippen molar-refractivity contribution in [1.29, 1.82) is 0 Å². The highest BCUT2D eigenvalue weighted by Crippen LogP contribution is 2.14. The summed E-state index contributed by atoms with van der Waals surface area (Å²) in [6, 6.07) is 3.46. The van der Waals surface area contributed by atoms with Gasteiger partial charge in [0, 0.05) is 11.8 Å². The molecule has 0 atom stereocenters. The monoisotopic (exact) mass is 234 g/mol. The summed E-state index contributed by atoms with van der Waals surface area (Å²) in [5.41, 5.74) is 7.19. The largest absolute Gasteiger partial charge is 0.397 e. The number of hydrogen-bond donors (Lipinski definition) is 1. The predicted molar refractivity (Wildman–Crippen MR) is 51.2 cm³/mol. The molecule has 0 unspecified atom stereocenters. The number of halogens is 2. The Morgan fingerprint density at radius 2 is 2.27 bits per heavy atom. The Balaban J connectivity index is 2.93. The van der Waals surface area contributed by atoms with Crippen molar-refractivity contribution in [2.75, 3.05) is 11.1 Å². The van der Waals surface area contributed by atoms with Crippen LogP contribution in [0.4, 0.5) is 5.69 Å². The predicted octanol–water partition coefficient (Wildman–Crippen LogP) is 2.25. The number of hydrogen-bond acceptors (Lipinski definition) is 2. The molecule has 60 valence electrons. The minimum Gasteiger partial charge on any atom is -0.397 e. The van der Waals surface area contributed by atoms with E-state index in [1.165, 1.54) is 0 Å². The average Bonchev–Trinajstić information content (AvgIpc) is 1.98. The zero-order valence-corrected chi connectivity index (χ0v) is 8.19. The highest BCUT2D eigenvalue weighted by atomic mass is 79.9. The molecule has 0 fully saturated rings. The molecule has 2 nitrogen and oxygen atoms in total. The van der Waals surface area contributed by atoms with E-state index in [1.54, 1.807) is 12.1 Å². The van der Waals surface area contributed by atoms with Gasteiger partial charge in [0.25, 0.3) is 0 Å². The second-order valence-electron chi connectivity index (χ2n) is 2.11. The number of alkyl halides is 1. The van der Waals surface area contributed by atoms with E-state index in [2.05, 4.69) is 20.9 Å². The normalized spacial score (nSPS) is 10.0. The van der Waals surface area contributed by atoms with Gasteiger partial charge < -0.3 is 5.73 Å². The maximum Gasteiger partial charge on any atom is 0.129 e. The molecule has 0 radical (unpaired) electrons. The number of aromatic nitrogens is 1. The van der Waals surface area contributed by atoms with Gasteiger partial charge in [-0.3, -0.25) is 0 Å². The number of aryl methyl sites for hydroxylation is 1. The molecule has 0 aromatic carbocycles. The van der Waals surface area contributed by atoms with E-state index < -0.39 is 0 Å². The number of pyridine rings is 1. The van der Waals surface area contributed by atoms with E-state index in [1.807, 2.05) is 0 Å². The van der Waals surface area contributed by atoms with Crippen LogP contribution in [-0.2, 0) is 6.42 Å². The lowest BCUT2D eigenvalue weighted by atomic mass is 10.2. The highest BCUT2D eigenvalue weighted by molar-refractivity contribution is 9.09. The number of nitrogens with two attached hydrogens (primary N) is 1. The van der Waals surface area contributed by atoms with E-state index >= 15 is 0 Å². The van der Waals surface area contributed by atoms with Crippen molar-refractivity contribution in [2.45, 2.75) is 6.42 Å². The zero-order chi connectivity index (χ0) is 8.27. The van der Waals surface area contributed by atoms with Crippen LogP contribution in [0, 0.1) is 0 Å². The Hall–Kier alpha value is -0.280. The molecular formula is C7H8BrClN2. The summed E-state index contributed by atoms with van der Waals surface area (Å²) in [5, 5.41) is 1.35. The third kappa shape index (κ3) is 2.34. The van der Waals surface area contributed by atoms with Crippen LogP contribution in [0.2, 0.25) is 5.15 Å². The molecule has 11 heavy (non-hydrogen) atoms. The summed E-state index contributed by atoms with van der Waals surface area (Å²) < 4.78 is 0. The molecule has 1 rings (SSSR count). The van der Waals surface area contributed by atoms with Crippen LogP contribution in [0.3, 0.4) is 0 Å². The Kier molecular flexibility index (Phi) is 3.15. The van der Waals surface area contributed by atoms with Crippen LogP contribution in [0.5, 0.6) is 0 Å². The smallest absolute Gasteiger partial charge is 0.129 e. The van der Waals surface area contributed by atoms with Gasteiger partial charge >= 0.3 is 0 Å². The second-order valence-corrected chi connectivity index (χ2v) is 3.29. The van der Waals surface area contributed by atoms with Crippen molar-refractivity contribution >= 4 is 33.2 Å². The third-order valence-electron chi connectivity index (χ3n) is 1.31. The van der Waals surface area contributed by atoms with Gasteiger partial charge in [-0.15, -0.1) is 0 Å². The molecule has 2 N–H and O–H groups in total. The van der Waals surface area contributed by atoms with Crippen molar-refractivity contribution in [1.82, 2.24) is 4.98 Å². The summed E-state index contributed by atoms with van der Waals surface area (Å²) in [6.45, 7) is 0. The maximum atomic E-state index is 5.67. The summed E-state index contributed by atoms with van der Waals surface area (Å²) in [6.07, 6.45) is 0.812. The molecule has 0 saturated heterocycles. The van der Waals surface area contributed by atoms with E-state index in [4.69, 9.17) is 17.3 Å². The Morgan fingerprint density at radius 1 is 1.55 bits per heavy atom. The summed E-state index contributed by atoms with van der Waals surface area (Å²) in [7, 11) is 0. The standard InChI is InChI=1S/C7H8BrClN2/c8-4-3-6-5(10)1-2-7(9)11-6/h1-2H,3-4,10H2. The molecule has 0 saturated carbocycles. The van der Waals surface area contributed by atoms with Crippen molar-refractivity contribution in [3.05, 3.63) is 23.0 Å². The first-order chi connectivity index (χ1) is 5.24. The van der Waals surface area contributed by atoms with Gasteiger partial charge in [-0.05, 0) is 12.1 Å². The maximum absolute atomic E-state index is 5.67. The van der Waals surface area contributed by atoms with Crippen LogP contribution >= 0.6 is 27.5 Å². The van der Waals surface area contributed by atoms with E-state index in [0.717, 1.165) is 17.4 Å². The van der Waals surface area contributed by atoms with Gasteiger partial charge in [-0.1, -0.05) is 27.5 Å². The number of rotatable bonds is 2. The fourth-order valence-corrected chi connectivity index (χ4v) is 1.32. The highest BCUT2D eigenvalue weighted by Gasteiger charge is 1.99. The van der Waals surface area contributed by atoms with E-state index in [0.29, 0.717) is 10.8 Å². The second kappa shape index (κ2) is 3.93. The fraction of sp³-hybridized carbons (Fsp3) is 0.286. The quantitative estimate of drug-likeness (QED) is 0.631. The SMILES string of the molecule is Nc1ccc(Cl)nc1CCBr. The van der Waals surface area contributed by atoms with Gasteiger partial charge in [0.1, 0.15) is 5.15 Å². The topological polar surface area (TPSA) is 38.9 Å². The Bertz CT molecular complexity index is 252. The van der Waals surface area contributed by atoms with Gasteiger partial charge in [0.2, 0.25) is 0 Å². The minimum absolute atomic E-state index is 0.496. The summed E-state index contributed by atoms with van der Waals surface area (Å²) >= 11 is 8.98. The van der Waals surface area contributed by atoms with E-state index in [9.17, 15) is 0 Å². The Labute approximate surface area is 78.9 Å². The molecule has 0 aliphatic carbocycles. The molecule has 4 heteroatoms. The van der Waals surface area contributed by atoms with Gasteiger partial charge in [0.05, 0.1) is 11.4 Å². The van der Waals surface area contributed by atoms with E-state index in [-0.39, 0.29) is 0 Å². The Morgan fingerprint density at radius 3 is 2.91 bits per heavy atom. The molecule has 0 aliphatic rings. The van der Waals surface area contributed by atoms with Crippen LogP contribution in [0.25, 0.3) is 0 Å². The lowest BCUT2D eigenvalue weighted by Crippen LogP contribution is -1.98. The minimum atomic E-state index is 0.496. The number of anilines is 1. The average molecular weight is 236 g/mol. The third-order valence-corrected chi connectivity index (χ3v) is 1.91. The lowest BCUT2D eigenvalue weighted by molar-refractivity contribution is 1.06. The first-order valence-electron chi connectivity index (χ1n) is 3.21. The molecule has 1 heterocycles. The molecule has 0 amide bonds. The summed E-state index contributed by atoms with van der Waals surface area (Å²) in [5.74, 6) is 0. The van der Waals surface area contributed by atoms with Crippen LogP contribution in [0.15, 0.2) is 12.1 Å². The van der Waals surface area contributed by atoms with Gasteiger partial charge in [0.15, 0.2) is 0 Å². The van der Waals surface area contributed by atoms with Crippen molar-refractivity contribution in [3.8, 4) is 0 Å². The molecule has 0 spiro atoms. The lowest BCUT2D eigenvalue weighted by Gasteiger charge is -2.01. The fourth-order valence-electron chi connectivity index (χ4n) is 0.775. The van der Waals surface area contributed by atoms with Crippen molar-refractivity contribution in [3.63, 3.8) is 0 Å². The number of nitrogens with zero attached hydrogens (tertiary/aromatic N) is 1. The molecule has 1 aromatic rings. The van der Waals surface area contributed by atoms with Crippen molar-refractivity contribution in [2.24, 2.45) is 0 Å². The molecule has 1 aromatic heterocycles. The van der Waals surface area contributed by atoms with Crippen molar-refractivity contribution < 1.29 is 0 Å². The first-order valence-corrected chi connectivity index (χ1v) is 4.71. The number of nitrogen functional groups attached to an aromatic ring is 1. The van der Waals surface area contributed by atoms with Crippen LogP contribution in [0.1, 0.15) is 5.69 Å². The zero-order valence-electron chi connectivity index (χ0n) is 5.85.